The quantitative estimate of drug-likeness (QED) is 0.835. The Balaban J connectivity index is 2.05. The lowest BCUT2D eigenvalue weighted by Gasteiger charge is -2.49. The first-order valence-electron chi connectivity index (χ1n) is 8.56. The first kappa shape index (κ1) is 15.3. The minimum absolute atomic E-state index is 0.471. The second-order valence-electron chi connectivity index (χ2n) is 7.56. The molecule has 112 valence electrons. The van der Waals surface area contributed by atoms with Crippen molar-refractivity contribution in [3.63, 3.8) is 0 Å². The van der Waals surface area contributed by atoms with Gasteiger partial charge in [0, 0.05) is 18.1 Å². The Bertz CT molecular complexity index is 266. The molecule has 0 aromatic carbocycles. The third-order valence-electron chi connectivity index (χ3n) is 5.54. The fourth-order valence-electron chi connectivity index (χ4n) is 4.37. The highest BCUT2D eigenvalue weighted by atomic mass is 15.2. The van der Waals surface area contributed by atoms with Crippen LogP contribution in [0, 0.1) is 5.41 Å². The first-order valence-corrected chi connectivity index (χ1v) is 8.56. The normalized spacial score (nSPS) is 35.5. The van der Waals surface area contributed by atoms with Gasteiger partial charge in [0.2, 0.25) is 0 Å². The summed E-state index contributed by atoms with van der Waals surface area (Å²) >= 11 is 0. The van der Waals surface area contributed by atoms with E-state index in [1.54, 1.807) is 0 Å². The largest absolute Gasteiger partial charge is 0.328 e. The Morgan fingerprint density at radius 3 is 2.32 bits per heavy atom. The van der Waals surface area contributed by atoms with E-state index in [0.717, 1.165) is 12.1 Å². The molecule has 2 saturated carbocycles. The maximum atomic E-state index is 6.08. The van der Waals surface area contributed by atoms with E-state index in [-0.39, 0.29) is 0 Å². The minimum atomic E-state index is 0.471. The van der Waals surface area contributed by atoms with Gasteiger partial charge in [-0.25, -0.2) is 0 Å². The van der Waals surface area contributed by atoms with Crippen LogP contribution in [0.5, 0.6) is 0 Å². The molecular weight excluding hydrogens is 232 g/mol. The van der Waals surface area contributed by atoms with Crippen molar-refractivity contribution in [1.82, 2.24) is 4.90 Å². The lowest BCUT2D eigenvalue weighted by Crippen LogP contribution is -2.53. The number of nitrogens with zero attached hydrogens (tertiary/aromatic N) is 1. The Hall–Kier alpha value is -0.0800. The topological polar surface area (TPSA) is 29.3 Å². The second kappa shape index (κ2) is 6.58. The molecule has 0 amide bonds. The molecule has 2 rings (SSSR count). The molecule has 0 radical (unpaired) electrons. The summed E-state index contributed by atoms with van der Waals surface area (Å²) in [4.78, 5) is 2.88. The summed E-state index contributed by atoms with van der Waals surface area (Å²) in [5.41, 5.74) is 6.59. The number of rotatable bonds is 4. The van der Waals surface area contributed by atoms with Gasteiger partial charge in [0.15, 0.2) is 0 Å². The van der Waals surface area contributed by atoms with E-state index in [9.17, 15) is 0 Å². The molecule has 0 spiro atoms. The third-order valence-corrected chi connectivity index (χ3v) is 5.54. The van der Waals surface area contributed by atoms with E-state index in [1.165, 1.54) is 64.3 Å². The fourth-order valence-corrected chi connectivity index (χ4v) is 4.37. The van der Waals surface area contributed by atoms with Gasteiger partial charge in [0.05, 0.1) is 0 Å². The van der Waals surface area contributed by atoms with Gasteiger partial charge in [-0.05, 0) is 56.9 Å². The van der Waals surface area contributed by atoms with Crippen LogP contribution >= 0.6 is 0 Å². The predicted molar refractivity (Wildman–Crippen MR) is 83.3 cm³/mol. The van der Waals surface area contributed by atoms with Gasteiger partial charge in [0.25, 0.3) is 0 Å². The zero-order chi connectivity index (χ0) is 13.9. The average molecular weight is 266 g/mol. The van der Waals surface area contributed by atoms with Gasteiger partial charge in [-0.3, -0.25) is 4.90 Å². The van der Waals surface area contributed by atoms with Crippen LogP contribution < -0.4 is 5.73 Å². The smallest absolute Gasteiger partial charge is 0.0149 e. The molecule has 19 heavy (non-hydrogen) atoms. The summed E-state index contributed by atoms with van der Waals surface area (Å²) in [5, 5.41) is 0. The highest BCUT2D eigenvalue weighted by molar-refractivity contribution is 4.93. The molecule has 0 aromatic rings. The average Bonchev–Trinajstić information content (AvgIpc) is 2.37. The summed E-state index contributed by atoms with van der Waals surface area (Å²) in [6.45, 7) is 8.60. The standard InChI is InChI=1S/C17H34N2/c1-4-13-19(15-10-8-14(18)9-11-15)16-7-5-6-12-17(16,2)3/h14-16H,4-13,18H2,1-3H3. The molecule has 0 aliphatic heterocycles. The lowest BCUT2D eigenvalue weighted by atomic mass is 9.71. The van der Waals surface area contributed by atoms with Crippen molar-refractivity contribution in [3.05, 3.63) is 0 Å². The highest BCUT2D eigenvalue weighted by Gasteiger charge is 2.39. The monoisotopic (exact) mass is 266 g/mol. The molecule has 0 aromatic heterocycles. The summed E-state index contributed by atoms with van der Waals surface area (Å²) < 4.78 is 0. The number of nitrogens with two attached hydrogens (primary N) is 1. The maximum absolute atomic E-state index is 6.08. The van der Waals surface area contributed by atoms with Crippen LogP contribution in [0.4, 0.5) is 0 Å². The van der Waals surface area contributed by atoms with Crippen molar-refractivity contribution in [3.8, 4) is 0 Å². The summed E-state index contributed by atoms with van der Waals surface area (Å²) in [6.07, 6.45) is 12.1. The van der Waals surface area contributed by atoms with E-state index in [4.69, 9.17) is 5.73 Å². The van der Waals surface area contributed by atoms with E-state index in [0.29, 0.717) is 11.5 Å². The van der Waals surface area contributed by atoms with Crippen LogP contribution in [0.3, 0.4) is 0 Å². The Morgan fingerprint density at radius 1 is 1.05 bits per heavy atom. The Kier molecular flexibility index (Phi) is 5.30. The van der Waals surface area contributed by atoms with Crippen molar-refractivity contribution in [2.45, 2.75) is 96.7 Å². The lowest BCUT2D eigenvalue weighted by molar-refractivity contribution is 0.00521. The number of hydrogen-bond donors (Lipinski definition) is 1. The van der Waals surface area contributed by atoms with Gasteiger partial charge < -0.3 is 5.73 Å². The van der Waals surface area contributed by atoms with Gasteiger partial charge in [-0.1, -0.05) is 33.6 Å². The van der Waals surface area contributed by atoms with Crippen molar-refractivity contribution >= 4 is 0 Å². The Labute approximate surface area is 120 Å². The van der Waals surface area contributed by atoms with Gasteiger partial charge in [-0.2, -0.15) is 0 Å². The van der Waals surface area contributed by atoms with Crippen LogP contribution in [-0.2, 0) is 0 Å². The molecule has 0 heterocycles. The molecule has 2 fully saturated rings. The molecule has 1 atom stereocenters. The molecule has 2 heteroatoms. The Morgan fingerprint density at radius 2 is 1.74 bits per heavy atom. The van der Waals surface area contributed by atoms with E-state index in [1.807, 2.05) is 0 Å². The SMILES string of the molecule is CCCN(C1CCC(N)CC1)C1CCCCC1(C)C. The molecule has 2 aliphatic carbocycles. The van der Waals surface area contributed by atoms with Crippen LogP contribution in [-0.4, -0.2) is 29.6 Å². The van der Waals surface area contributed by atoms with Crippen molar-refractivity contribution in [1.29, 1.82) is 0 Å². The fraction of sp³-hybridized carbons (Fsp3) is 1.00. The second-order valence-corrected chi connectivity index (χ2v) is 7.56. The highest BCUT2D eigenvalue weighted by Crippen LogP contribution is 2.41. The van der Waals surface area contributed by atoms with E-state index in [2.05, 4.69) is 25.7 Å². The van der Waals surface area contributed by atoms with E-state index >= 15 is 0 Å². The van der Waals surface area contributed by atoms with Crippen LogP contribution in [0.2, 0.25) is 0 Å². The van der Waals surface area contributed by atoms with Crippen LogP contribution in [0.15, 0.2) is 0 Å². The van der Waals surface area contributed by atoms with Gasteiger partial charge in [-0.15, -0.1) is 0 Å². The van der Waals surface area contributed by atoms with Gasteiger partial charge in [0.1, 0.15) is 0 Å². The third kappa shape index (κ3) is 3.72. The summed E-state index contributed by atoms with van der Waals surface area (Å²) in [5.74, 6) is 0. The summed E-state index contributed by atoms with van der Waals surface area (Å²) in [6, 6.07) is 2.08. The van der Waals surface area contributed by atoms with Crippen molar-refractivity contribution < 1.29 is 0 Å². The van der Waals surface area contributed by atoms with E-state index < -0.39 is 0 Å². The molecule has 2 aliphatic rings. The molecule has 2 N–H and O–H groups in total. The molecule has 2 nitrogen and oxygen atoms in total. The van der Waals surface area contributed by atoms with Gasteiger partial charge >= 0.3 is 0 Å². The van der Waals surface area contributed by atoms with Crippen molar-refractivity contribution in [2.24, 2.45) is 11.1 Å². The number of hydrogen-bond acceptors (Lipinski definition) is 2. The minimum Gasteiger partial charge on any atom is -0.328 e. The zero-order valence-corrected chi connectivity index (χ0v) is 13.3. The molecule has 0 bridgehead atoms. The van der Waals surface area contributed by atoms with Crippen molar-refractivity contribution in [2.75, 3.05) is 6.54 Å². The predicted octanol–water partition coefficient (Wildman–Crippen LogP) is 3.94. The van der Waals surface area contributed by atoms with Crippen LogP contribution in [0.25, 0.3) is 0 Å². The maximum Gasteiger partial charge on any atom is 0.0149 e. The zero-order valence-electron chi connectivity index (χ0n) is 13.3. The first-order chi connectivity index (χ1) is 9.04. The summed E-state index contributed by atoms with van der Waals surface area (Å²) in [7, 11) is 0. The molecule has 0 saturated heterocycles. The molecule has 1 unspecified atom stereocenters. The van der Waals surface area contributed by atoms with Crippen LogP contribution in [0.1, 0.15) is 78.6 Å². The molecular formula is C17H34N2.